The number of carbonyl (C=O) groups excluding carboxylic acids is 1. The fourth-order valence-corrected chi connectivity index (χ4v) is 2.51. The van der Waals surface area contributed by atoms with Crippen LogP contribution in [-0.2, 0) is 6.42 Å². The van der Waals surface area contributed by atoms with Crippen LogP contribution in [0, 0.1) is 0 Å². The van der Waals surface area contributed by atoms with Gasteiger partial charge in [0, 0.05) is 13.0 Å². The minimum atomic E-state index is 0.136. The zero-order chi connectivity index (χ0) is 15.1. The summed E-state index contributed by atoms with van der Waals surface area (Å²) in [6.07, 6.45) is 0.871. The Labute approximate surface area is 126 Å². The molecule has 2 aromatic rings. The minimum Gasteiger partial charge on any atom is -0.326 e. The SMILES string of the molecule is C[N+](CCN)(CCc1ccccc1)C(=O)c1ccccc1. The van der Waals surface area contributed by atoms with Gasteiger partial charge in [0.15, 0.2) is 0 Å². The molecule has 1 atom stereocenters. The van der Waals surface area contributed by atoms with Gasteiger partial charge in [0.05, 0.1) is 25.7 Å². The van der Waals surface area contributed by atoms with Gasteiger partial charge in [0.1, 0.15) is 0 Å². The summed E-state index contributed by atoms with van der Waals surface area (Å²) in [6.45, 7) is 1.92. The molecular weight excluding hydrogens is 260 g/mol. The van der Waals surface area contributed by atoms with Crippen molar-refractivity contribution in [3.63, 3.8) is 0 Å². The highest BCUT2D eigenvalue weighted by atomic mass is 16.2. The zero-order valence-electron chi connectivity index (χ0n) is 12.5. The molecule has 0 heterocycles. The molecule has 1 unspecified atom stereocenters. The largest absolute Gasteiger partial charge is 0.345 e. The number of quaternary nitrogens is 1. The van der Waals surface area contributed by atoms with Crippen LogP contribution < -0.4 is 5.73 Å². The van der Waals surface area contributed by atoms with Crippen molar-refractivity contribution >= 4 is 5.91 Å². The lowest BCUT2D eigenvalue weighted by Crippen LogP contribution is -2.53. The van der Waals surface area contributed by atoms with Gasteiger partial charge in [0.2, 0.25) is 0 Å². The molecule has 110 valence electrons. The highest BCUT2D eigenvalue weighted by Crippen LogP contribution is 2.13. The maximum absolute atomic E-state index is 12.8. The summed E-state index contributed by atoms with van der Waals surface area (Å²) in [5, 5.41) is 0. The lowest BCUT2D eigenvalue weighted by atomic mass is 10.1. The second-order valence-corrected chi connectivity index (χ2v) is 5.54. The van der Waals surface area contributed by atoms with E-state index in [2.05, 4.69) is 12.1 Å². The summed E-state index contributed by atoms with van der Waals surface area (Å²) in [4.78, 5) is 12.8. The lowest BCUT2D eigenvalue weighted by Gasteiger charge is -2.31. The van der Waals surface area contributed by atoms with Gasteiger partial charge in [-0.1, -0.05) is 48.5 Å². The molecule has 0 saturated carbocycles. The van der Waals surface area contributed by atoms with Crippen LogP contribution in [0.15, 0.2) is 60.7 Å². The molecule has 0 fully saturated rings. The van der Waals surface area contributed by atoms with E-state index in [-0.39, 0.29) is 5.91 Å². The van der Waals surface area contributed by atoms with E-state index in [0.717, 1.165) is 18.5 Å². The van der Waals surface area contributed by atoms with Crippen molar-refractivity contribution in [1.82, 2.24) is 0 Å². The van der Waals surface area contributed by atoms with Gasteiger partial charge in [-0.3, -0.25) is 4.48 Å². The van der Waals surface area contributed by atoms with Gasteiger partial charge in [-0.25, -0.2) is 4.79 Å². The number of amides is 1. The molecule has 0 aromatic heterocycles. The van der Waals surface area contributed by atoms with E-state index in [9.17, 15) is 4.79 Å². The normalized spacial score (nSPS) is 13.6. The van der Waals surface area contributed by atoms with Crippen LogP contribution in [0.3, 0.4) is 0 Å². The molecular formula is C18H23N2O+. The third-order valence-electron chi connectivity index (χ3n) is 3.87. The van der Waals surface area contributed by atoms with Crippen molar-refractivity contribution < 1.29 is 9.28 Å². The smallest absolute Gasteiger partial charge is 0.326 e. The summed E-state index contributed by atoms with van der Waals surface area (Å²) in [5.74, 6) is 0.136. The summed E-state index contributed by atoms with van der Waals surface area (Å²) >= 11 is 0. The average Bonchev–Trinajstić information content (AvgIpc) is 2.54. The first-order valence-electron chi connectivity index (χ1n) is 7.34. The van der Waals surface area contributed by atoms with Crippen LogP contribution in [0.5, 0.6) is 0 Å². The third kappa shape index (κ3) is 4.00. The number of carbonyl (C=O) groups is 1. The van der Waals surface area contributed by atoms with Gasteiger partial charge in [-0.2, -0.15) is 0 Å². The Morgan fingerprint density at radius 2 is 1.52 bits per heavy atom. The molecule has 21 heavy (non-hydrogen) atoms. The van der Waals surface area contributed by atoms with E-state index >= 15 is 0 Å². The van der Waals surface area contributed by atoms with Crippen molar-refractivity contribution in [1.29, 1.82) is 0 Å². The molecule has 0 aliphatic heterocycles. The third-order valence-corrected chi connectivity index (χ3v) is 3.87. The number of nitrogens with two attached hydrogens (primary N) is 1. The molecule has 3 heteroatoms. The number of likely N-dealkylation sites (N-methyl/N-ethyl adjacent to an activating group) is 1. The average molecular weight is 283 g/mol. The summed E-state index contributed by atoms with van der Waals surface area (Å²) in [5.41, 5.74) is 7.73. The van der Waals surface area contributed by atoms with Crippen molar-refractivity contribution in [2.24, 2.45) is 5.73 Å². The fraction of sp³-hybridized carbons (Fsp3) is 0.278. The first kappa shape index (κ1) is 15.4. The quantitative estimate of drug-likeness (QED) is 0.828. The van der Waals surface area contributed by atoms with Crippen LogP contribution in [0.2, 0.25) is 0 Å². The Morgan fingerprint density at radius 3 is 2.10 bits per heavy atom. The van der Waals surface area contributed by atoms with E-state index in [0.29, 0.717) is 17.6 Å². The van der Waals surface area contributed by atoms with Crippen LogP contribution in [0.1, 0.15) is 15.9 Å². The number of hydrogen-bond donors (Lipinski definition) is 1. The molecule has 3 nitrogen and oxygen atoms in total. The lowest BCUT2D eigenvalue weighted by molar-refractivity contribution is -0.827. The maximum atomic E-state index is 12.8. The molecule has 0 bridgehead atoms. The predicted octanol–water partition coefficient (Wildman–Crippen LogP) is 2.47. The predicted molar refractivity (Wildman–Crippen MR) is 85.9 cm³/mol. The molecule has 2 N–H and O–H groups in total. The molecule has 1 amide bonds. The van der Waals surface area contributed by atoms with E-state index < -0.39 is 0 Å². The number of nitrogens with zero attached hydrogens (tertiary/aromatic N) is 1. The van der Waals surface area contributed by atoms with Crippen LogP contribution in [0.4, 0.5) is 0 Å². The Balaban J connectivity index is 2.14. The van der Waals surface area contributed by atoms with Crippen LogP contribution >= 0.6 is 0 Å². The molecule has 0 radical (unpaired) electrons. The molecule has 2 rings (SSSR count). The standard InChI is InChI=1S/C18H23N2O/c1-20(15-13-19,14-12-16-8-4-2-5-9-16)18(21)17-10-6-3-7-11-17/h2-11H,12-15,19H2,1H3/q+1. The summed E-state index contributed by atoms with van der Waals surface area (Å²) < 4.78 is 0.343. The van der Waals surface area contributed by atoms with Crippen molar-refractivity contribution in [3.8, 4) is 0 Å². The van der Waals surface area contributed by atoms with E-state index in [1.165, 1.54) is 5.56 Å². The van der Waals surface area contributed by atoms with Crippen LogP contribution in [-0.4, -0.2) is 37.1 Å². The van der Waals surface area contributed by atoms with Crippen molar-refractivity contribution in [2.75, 3.05) is 26.7 Å². The van der Waals surface area contributed by atoms with Gasteiger partial charge in [-0.05, 0) is 17.7 Å². The van der Waals surface area contributed by atoms with Gasteiger partial charge >= 0.3 is 5.91 Å². The Bertz CT molecular complexity index is 568. The molecule has 0 saturated heterocycles. The second-order valence-electron chi connectivity index (χ2n) is 5.54. The van der Waals surface area contributed by atoms with Gasteiger partial charge in [-0.15, -0.1) is 0 Å². The second kappa shape index (κ2) is 7.16. The zero-order valence-corrected chi connectivity index (χ0v) is 12.5. The summed E-state index contributed by atoms with van der Waals surface area (Å²) in [7, 11) is 1.98. The highest BCUT2D eigenvalue weighted by molar-refractivity contribution is 5.88. The molecule has 0 aliphatic carbocycles. The van der Waals surface area contributed by atoms with E-state index in [4.69, 9.17) is 5.73 Å². The van der Waals surface area contributed by atoms with E-state index in [1.807, 2.05) is 55.6 Å². The fourth-order valence-electron chi connectivity index (χ4n) is 2.51. The van der Waals surface area contributed by atoms with Crippen molar-refractivity contribution in [3.05, 3.63) is 71.8 Å². The maximum Gasteiger partial charge on any atom is 0.345 e. The first-order chi connectivity index (χ1) is 10.2. The number of hydrogen-bond acceptors (Lipinski definition) is 2. The van der Waals surface area contributed by atoms with Gasteiger partial charge < -0.3 is 5.73 Å². The number of benzene rings is 2. The Morgan fingerprint density at radius 1 is 0.952 bits per heavy atom. The number of rotatable bonds is 6. The molecule has 0 spiro atoms. The monoisotopic (exact) mass is 283 g/mol. The highest BCUT2D eigenvalue weighted by Gasteiger charge is 2.31. The Hall–Kier alpha value is -1.97. The van der Waals surface area contributed by atoms with Crippen LogP contribution in [0.25, 0.3) is 0 Å². The Kier molecular flexibility index (Phi) is 5.26. The molecule has 0 aliphatic rings. The molecule has 2 aromatic carbocycles. The first-order valence-corrected chi connectivity index (χ1v) is 7.34. The topological polar surface area (TPSA) is 43.1 Å². The van der Waals surface area contributed by atoms with Gasteiger partial charge in [0.25, 0.3) is 0 Å². The summed E-state index contributed by atoms with van der Waals surface area (Å²) in [6, 6.07) is 19.7. The van der Waals surface area contributed by atoms with Crippen molar-refractivity contribution in [2.45, 2.75) is 6.42 Å². The minimum absolute atomic E-state index is 0.136. The van der Waals surface area contributed by atoms with E-state index in [1.54, 1.807) is 0 Å².